The highest BCUT2D eigenvalue weighted by Gasteiger charge is 2.10. The summed E-state index contributed by atoms with van der Waals surface area (Å²) in [5.74, 6) is -0.248. The van der Waals surface area contributed by atoms with Crippen molar-refractivity contribution in [3.8, 4) is 0 Å². The molecule has 4 nitrogen and oxygen atoms in total. The molecule has 5 heteroatoms. The molecule has 0 bridgehead atoms. The summed E-state index contributed by atoms with van der Waals surface area (Å²) in [5, 5.41) is 3.23. The number of methoxy groups -OCH3 is 1. The molecule has 0 saturated heterocycles. The molecule has 0 aliphatic carbocycles. The maximum absolute atomic E-state index is 11.6. The zero-order valence-electron chi connectivity index (χ0n) is 8.66. The van der Waals surface area contributed by atoms with Gasteiger partial charge in [0, 0.05) is 24.4 Å². The van der Waals surface area contributed by atoms with Gasteiger partial charge in [-0.05, 0) is 19.1 Å². The van der Waals surface area contributed by atoms with Gasteiger partial charge in [0.25, 0.3) is 5.91 Å². The van der Waals surface area contributed by atoms with E-state index in [1.807, 2.05) is 6.92 Å². The molecule has 15 heavy (non-hydrogen) atoms. The number of hydrogen-bond donors (Lipinski definition) is 1. The minimum Gasteiger partial charge on any atom is -0.383 e. The van der Waals surface area contributed by atoms with Crippen LogP contribution in [0, 0.1) is 0 Å². The number of rotatable bonds is 4. The van der Waals surface area contributed by atoms with Crippen molar-refractivity contribution in [1.82, 2.24) is 10.3 Å². The van der Waals surface area contributed by atoms with Crippen molar-refractivity contribution in [2.24, 2.45) is 0 Å². The summed E-state index contributed by atoms with van der Waals surface area (Å²) in [5.41, 5.74) is 0.311. The number of nitrogens with zero attached hydrogens (tertiary/aromatic N) is 1. The Hall–Kier alpha value is -1.13. The molecule has 0 spiro atoms. The van der Waals surface area contributed by atoms with E-state index in [4.69, 9.17) is 16.3 Å². The largest absolute Gasteiger partial charge is 0.383 e. The van der Waals surface area contributed by atoms with Gasteiger partial charge in [0.1, 0.15) is 5.69 Å². The first-order chi connectivity index (χ1) is 7.13. The average molecular weight is 229 g/mol. The Morgan fingerprint density at radius 1 is 1.73 bits per heavy atom. The summed E-state index contributed by atoms with van der Waals surface area (Å²) in [4.78, 5) is 15.5. The van der Waals surface area contributed by atoms with Crippen LogP contribution in [0.3, 0.4) is 0 Å². The average Bonchev–Trinajstić information content (AvgIpc) is 2.18. The number of amides is 1. The molecule has 1 aromatic heterocycles. The van der Waals surface area contributed by atoms with E-state index >= 15 is 0 Å². The molecule has 1 rings (SSSR count). The second-order valence-corrected chi connectivity index (χ2v) is 3.63. The van der Waals surface area contributed by atoms with Gasteiger partial charge in [-0.1, -0.05) is 11.6 Å². The smallest absolute Gasteiger partial charge is 0.270 e. The number of nitrogens with one attached hydrogen (secondary N) is 1. The van der Waals surface area contributed by atoms with Crippen LogP contribution in [-0.4, -0.2) is 30.6 Å². The normalized spacial score (nSPS) is 12.2. The molecule has 1 amide bonds. The molecule has 1 N–H and O–H groups in total. The number of ether oxygens (including phenoxy) is 1. The second kappa shape index (κ2) is 5.68. The van der Waals surface area contributed by atoms with Crippen LogP contribution in [-0.2, 0) is 4.74 Å². The summed E-state index contributed by atoms with van der Waals surface area (Å²) in [6.07, 6.45) is 1.50. The van der Waals surface area contributed by atoms with Gasteiger partial charge < -0.3 is 10.1 Å². The van der Waals surface area contributed by atoms with Crippen LogP contribution in [0.25, 0.3) is 0 Å². The third-order valence-corrected chi connectivity index (χ3v) is 1.98. The van der Waals surface area contributed by atoms with Gasteiger partial charge in [-0.3, -0.25) is 9.78 Å². The minimum atomic E-state index is -0.248. The van der Waals surface area contributed by atoms with Crippen molar-refractivity contribution in [3.63, 3.8) is 0 Å². The molecule has 1 aromatic rings. The van der Waals surface area contributed by atoms with Crippen molar-refractivity contribution in [1.29, 1.82) is 0 Å². The Kier molecular flexibility index (Phi) is 4.52. The molecule has 0 fully saturated rings. The lowest BCUT2D eigenvalue weighted by Crippen LogP contribution is -2.36. The van der Waals surface area contributed by atoms with Crippen LogP contribution in [0.2, 0.25) is 5.02 Å². The highest BCUT2D eigenvalue weighted by atomic mass is 35.5. The molecule has 0 radical (unpaired) electrons. The number of hydrogen-bond acceptors (Lipinski definition) is 3. The van der Waals surface area contributed by atoms with Crippen LogP contribution in [0.1, 0.15) is 17.4 Å². The molecule has 0 aliphatic heterocycles. The summed E-state index contributed by atoms with van der Waals surface area (Å²) in [6.45, 7) is 2.32. The Labute approximate surface area is 93.6 Å². The van der Waals surface area contributed by atoms with Crippen molar-refractivity contribution in [2.45, 2.75) is 13.0 Å². The lowest BCUT2D eigenvalue weighted by molar-refractivity contribution is 0.0900. The Morgan fingerprint density at radius 3 is 3.07 bits per heavy atom. The van der Waals surface area contributed by atoms with E-state index in [2.05, 4.69) is 10.3 Å². The fraction of sp³-hybridized carbons (Fsp3) is 0.400. The van der Waals surface area contributed by atoms with Gasteiger partial charge in [0.2, 0.25) is 0 Å². The van der Waals surface area contributed by atoms with E-state index in [0.29, 0.717) is 17.3 Å². The molecule has 0 unspecified atom stereocenters. The molecule has 82 valence electrons. The van der Waals surface area contributed by atoms with E-state index < -0.39 is 0 Å². The maximum Gasteiger partial charge on any atom is 0.270 e. The van der Waals surface area contributed by atoms with Gasteiger partial charge in [-0.25, -0.2) is 0 Å². The predicted molar refractivity (Wildman–Crippen MR) is 58.1 cm³/mol. The maximum atomic E-state index is 11.6. The Morgan fingerprint density at radius 2 is 2.47 bits per heavy atom. The molecule has 0 saturated carbocycles. The molecule has 1 atom stereocenters. The number of aromatic nitrogens is 1. The minimum absolute atomic E-state index is 0.0525. The van der Waals surface area contributed by atoms with Crippen LogP contribution in [0.15, 0.2) is 18.3 Å². The van der Waals surface area contributed by atoms with Crippen molar-refractivity contribution in [2.75, 3.05) is 13.7 Å². The number of carbonyl (C=O) groups excluding carboxylic acids is 1. The monoisotopic (exact) mass is 228 g/mol. The zero-order chi connectivity index (χ0) is 11.3. The molecule has 0 aliphatic rings. The van der Waals surface area contributed by atoms with E-state index in [9.17, 15) is 4.79 Å². The number of halogens is 1. The summed E-state index contributed by atoms with van der Waals surface area (Å²) < 4.78 is 4.90. The van der Waals surface area contributed by atoms with Gasteiger partial charge in [-0.2, -0.15) is 0 Å². The quantitative estimate of drug-likeness (QED) is 0.850. The van der Waals surface area contributed by atoms with Crippen molar-refractivity contribution in [3.05, 3.63) is 29.0 Å². The zero-order valence-corrected chi connectivity index (χ0v) is 9.41. The highest BCUT2D eigenvalue weighted by molar-refractivity contribution is 6.30. The Balaban J connectivity index is 2.61. The molecular formula is C10H13ClN2O2. The van der Waals surface area contributed by atoms with Gasteiger partial charge in [0.15, 0.2) is 0 Å². The predicted octanol–water partition coefficient (Wildman–Crippen LogP) is 1.50. The Bertz CT molecular complexity index is 344. The van der Waals surface area contributed by atoms with Crippen LogP contribution >= 0.6 is 11.6 Å². The second-order valence-electron chi connectivity index (χ2n) is 3.19. The topological polar surface area (TPSA) is 51.2 Å². The van der Waals surface area contributed by atoms with Crippen molar-refractivity contribution < 1.29 is 9.53 Å². The number of pyridine rings is 1. The fourth-order valence-electron chi connectivity index (χ4n) is 1.12. The lowest BCUT2D eigenvalue weighted by atomic mass is 10.3. The lowest BCUT2D eigenvalue weighted by Gasteiger charge is -2.12. The van der Waals surface area contributed by atoms with Crippen molar-refractivity contribution >= 4 is 17.5 Å². The first-order valence-corrected chi connectivity index (χ1v) is 4.92. The van der Waals surface area contributed by atoms with E-state index in [-0.39, 0.29) is 11.9 Å². The standard InChI is InChI=1S/C10H13ClN2O2/c1-7(6-15-2)13-10(14)9-5-8(11)3-4-12-9/h3-5,7H,6H2,1-2H3,(H,13,14)/t7-/m1/s1. The van der Waals surface area contributed by atoms with E-state index in [0.717, 1.165) is 0 Å². The molecule has 0 aromatic carbocycles. The van der Waals surface area contributed by atoms with Gasteiger partial charge >= 0.3 is 0 Å². The van der Waals surface area contributed by atoms with Gasteiger partial charge in [-0.15, -0.1) is 0 Å². The van der Waals surface area contributed by atoms with Crippen LogP contribution < -0.4 is 5.32 Å². The first kappa shape index (κ1) is 11.9. The molecular weight excluding hydrogens is 216 g/mol. The van der Waals surface area contributed by atoms with E-state index in [1.165, 1.54) is 12.3 Å². The fourth-order valence-corrected chi connectivity index (χ4v) is 1.28. The highest BCUT2D eigenvalue weighted by Crippen LogP contribution is 2.07. The van der Waals surface area contributed by atoms with Gasteiger partial charge in [0.05, 0.1) is 6.61 Å². The number of carbonyl (C=O) groups is 1. The summed E-state index contributed by atoms with van der Waals surface area (Å²) in [7, 11) is 1.58. The third-order valence-electron chi connectivity index (χ3n) is 1.75. The summed E-state index contributed by atoms with van der Waals surface area (Å²) in [6, 6.07) is 3.09. The van der Waals surface area contributed by atoms with Crippen LogP contribution in [0.4, 0.5) is 0 Å². The summed E-state index contributed by atoms with van der Waals surface area (Å²) >= 11 is 5.74. The molecule has 1 heterocycles. The third kappa shape index (κ3) is 3.85. The first-order valence-electron chi connectivity index (χ1n) is 4.55. The van der Waals surface area contributed by atoms with E-state index in [1.54, 1.807) is 13.2 Å². The van der Waals surface area contributed by atoms with Crippen LogP contribution in [0.5, 0.6) is 0 Å². The SMILES string of the molecule is COC[C@@H](C)NC(=O)c1cc(Cl)ccn1.